The number of carbonyl (C=O) groups is 1. The molecule has 1 N–H and O–H groups in total. The Balaban J connectivity index is 1.45. The van der Waals surface area contributed by atoms with E-state index in [4.69, 9.17) is 4.74 Å². The predicted molar refractivity (Wildman–Crippen MR) is 112 cm³/mol. The Labute approximate surface area is 167 Å². The van der Waals surface area contributed by atoms with Crippen molar-refractivity contribution in [2.24, 2.45) is 0 Å². The van der Waals surface area contributed by atoms with Crippen molar-refractivity contribution in [1.82, 2.24) is 4.98 Å². The number of thiazole rings is 1. The quantitative estimate of drug-likeness (QED) is 0.708. The summed E-state index contributed by atoms with van der Waals surface area (Å²) in [4.78, 5) is 20.5. The first-order valence-corrected chi connectivity index (χ1v) is 9.95. The summed E-state index contributed by atoms with van der Waals surface area (Å²) in [5.41, 5.74) is 5.20. The third kappa shape index (κ3) is 3.53. The number of rotatable bonds is 5. The van der Waals surface area contributed by atoms with Crippen LogP contribution in [-0.4, -0.2) is 49.3 Å². The molecule has 7 heteroatoms. The molecule has 1 fully saturated rings. The van der Waals surface area contributed by atoms with Gasteiger partial charge in [0.1, 0.15) is 10.6 Å². The number of carboxylic acid groups (broad SMARTS) is 1. The minimum absolute atomic E-state index is 0.276. The highest BCUT2D eigenvalue weighted by Gasteiger charge is 2.20. The fourth-order valence-electron chi connectivity index (χ4n) is 3.53. The summed E-state index contributed by atoms with van der Waals surface area (Å²) in [6.45, 7) is 3.65. The van der Waals surface area contributed by atoms with E-state index in [1.165, 1.54) is 0 Å². The molecule has 0 saturated carbocycles. The van der Waals surface area contributed by atoms with Gasteiger partial charge in [0.25, 0.3) is 0 Å². The summed E-state index contributed by atoms with van der Waals surface area (Å²) >= 11 is 1.15. The first-order valence-electron chi connectivity index (χ1n) is 9.07. The number of ether oxygens (including phenoxy) is 1. The largest absolute Gasteiger partial charge is 0.495 e. The number of anilines is 2. The van der Waals surface area contributed by atoms with E-state index >= 15 is 0 Å². The third-order valence-corrected chi connectivity index (χ3v) is 5.79. The van der Waals surface area contributed by atoms with Crippen LogP contribution < -0.4 is 14.5 Å². The van der Waals surface area contributed by atoms with Crippen molar-refractivity contribution < 1.29 is 14.6 Å². The average molecular weight is 395 g/mol. The SMILES string of the molecule is COc1ccccc1N1CCN(c2ccc(-c3ncsc3C(=O)O)cc2)CC1. The maximum atomic E-state index is 11.3. The van der Waals surface area contributed by atoms with Gasteiger partial charge in [-0.15, -0.1) is 11.3 Å². The first kappa shape index (κ1) is 18.3. The normalized spacial score (nSPS) is 14.2. The van der Waals surface area contributed by atoms with Gasteiger partial charge in [0.05, 0.1) is 24.0 Å². The number of aromatic nitrogens is 1. The van der Waals surface area contributed by atoms with Crippen LogP contribution in [0.3, 0.4) is 0 Å². The Hall–Kier alpha value is -3.06. The predicted octanol–water partition coefficient (Wildman–Crippen LogP) is 3.84. The number of aromatic carboxylic acids is 1. The summed E-state index contributed by atoms with van der Waals surface area (Å²) in [7, 11) is 1.70. The molecule has 6 nitrogen and oxygen atoms in total. The molecule has 4 rings (SSSR count). The van der Waals surface area contributed by atoms with E-state index in [0.29, 0.717) is 5.69 Å². The summed E-state index contributed by atoms with van der Waals surface area (Å²) in [6.07, 6.45) is 0. The van der Waals surface area contributed by atoms with Crippen LogP contribution in [0.15, 0.2) is 54.0 Å². The van der Waals surface area contributed by atoms with Crippen molar-refractivity contribution in [2.45, 2.75) is 0 Å². The van der Waals surface area contributed by atoms with Gasteiger partial charge in [-0.2, -0.15) is 0 Å². The monoisotopic (exact) mass is 395 g/mol. The van der Waals surface area contributed by atoms with Crippen molar-refractivity contribution >= 4 is 28.7 Å². The molecule has 3 aromatic rings. The van der Waals surface area contributed by atoms with E-state index < -0.39 is 5.97 Å². The summed E-state index contributed by atoms with van der Waals surface area (Å²) in [5.74, 6) is -0.0353. The van der Waals surface area contributed by atoms with Gasteiger partial charge in [-0.25, -0.2) is 9.78 Å². The van der Waals surface area contributed by atoms with Crippen LogP contribution in [-0.2, 0) is 0 Å². The number of para-hydroxylation sites is 2. The van der Waals surface area contributed by atoms with E-state index in [0.717, 1.165) is 60.2 Å². The van der Waals surface area contributed by atoms with Gasteiger partial charge in [-0.05, 0) is 24.3 Å². The summed E-state index contributed by atoms with van der Waals surface area (Å²) in [6, 6.07) is 16.1. The minimum Gasteiger partial charge on any atom is -0.495 e. The van der Waals surface area contributed by atoms with Crippen molar-refractivity contribution in [1.29, 1.82) is 0 Å². The number of hydrogen-bond donors (Lipinski definition) is 1. The zero-order chi connectivity index (χ0) is 19.5. The van der Waals surface area contributed by atoms with Crippen LogP contribution in [0.25, 0.3) is 11.3 Å². The lowest BCUT2D eigenvalue weighted by atomic mass is 10.1. The minimum atomic E-state index is -0.936. The Morgan fingerprint density at radius 3 is 2.39 bits per heavy atom. The van der Waals surface area contributed by atoms with E-state index in [-0.39, 0.29) is 4.88 Å². The van der Waals surface area contributed by atoms with Crippen LogP contribution in [0.4, 0.5) is 11.4 Å². The Morgan fingerprint density at radius 1 is 1.04 bits per heavy atom. The molecule has 0 unspecified atom stereocenters. The van der Waals surface area contributed by atoms with Gasteiger partial charge in [0.15, 0.2) is 0 Å². The van der Waals surface area contributed by atoms with Crippen molar-refractivity contribution in [3.8, 4) is 17.0 Å². The fourth-order valence-corrected chi connectivity index (χ4v) is 4.18. The molecule has 0 bridgehead atoms. The molecule has 0 atom stereocenters. The van der Waals surface area contributed by atoms with Crippen LogP contribution in [0.2, 0.25) is 0 Å². The second-order valence-electron chi connectivity index (χ2n) is 6.53. The lowest BCUT2D eigenvalue weighted by Gasteiger charge is -2.37. The lowest BCUT2D eigenvalue weighted by molar-refractivity contribution is 0.0702. The molecule has 1 aromatic heterocycles. The average Bonchev–Trinajstić information content (AvgIpc) is 3.24. The topological polar surface area (TPSA) is 65.9 Å². The molecule has 0 amide bonds. The molecule has 28 heavy (non-hydrogen) atoms. The maximum Gasteiger partial charge on any atom is 0.348 e. The number of hydrogen-bond acceptors (Lipinski definition) is 6. The highest BCUT2D eigenvalue weighted by molar-refractivity contribution is 7.12. The van der Waals surface area contributed by atoms with Crippen molar-refractivity contribution in [3.05, 3.63) is 58.9 Å². The highest BCUT2D eigenvalue weighted by atomic mass is 32.1. The molecule has 0 spiro atoms. The number of carboxylic acids is 1. The van der Waals surface area contributed by atoms with Crippen LogP contribution >= 0.6 is 11.3 Å². The molecule has 1 aliphatic rings. The zero-order valence-corrected chi connectivity index (χ0v) is 16.4. The molecule has 144 valence electrons. The fraction of sp³-hybridized carbons (Fsp3) is 0.238. The van der Waals surface area contributed by atoms with E-state index in [1.54, 1.807) is 12.6 Å². The van der Waals surface area contributed by atoms with Crippen LogP contribution in [0, 0.1) is 0 Å². The van der Waals surface area contributed by atoms with E-state index in [2.05, 4.69) is 20.9 Å². The standard InChI is InChI=1S/C21H21N3O3S/c1-27-18-5-3-2-4-17(18)24-12-10-23(11-13-24)16-8-6-15(7-9-16)19-20(21(25)26)28-14-22-19/h2-9,14H,10-13H2,1H3,(H,25,26). The summed E-state index contributed by atoms with van der Waals surface area (Å²) in [5, 5.41) is 9.28. The molecule has 0 radical (unpaired) electrons. The second kappa shape index (κ2) is 7.90. The van der Waals surface area contributed by atoms with Gasteiger partial charge < -0.3 is 19.6 Å². The molecule has 1 saturated heterocycles. The molecule has 0 aliphatic carbocycles. The van der Waals surface area contributed by atoms with Gasteiger partial charge in [0, 0.05) is 37.4 Å². The van der Waals surface area contributed by atoms with Gasteiger partial charge in [-0.1, -0.05) is 24.3 Å². The number of benzene rings is 2. The maximum absolute atomic E-state index is 11.3. The number of piperazine rings is 1. The van der Waals surface area contributed by atoms with Gasteiger partial charge in [-0.3, -0.25) is 0 Å². The Bertz CT molecular complexity index is 963. The van der Waals surface area contributed by atoms with Crippen molar-refractivity contribution in [2.75, 3.05) is 43.1 Å². The number of nitrogens with zero attached hydrogens (tertiary/aromatic N) is 3. The van der Waals surface area contributed by atoms with Crippen molar-refractivity contribution in [3.63, 3.8) is 0 Å². The van der Waals surface area contributed by atoms with Gasteiger partial charge in [0.2, 0.25) is 0 Å². The lowest BCUT2D eigenvalue weighted by Crippen LogP contribution is -2.46. The Morgan fingerprint density at radius 2 is 1.71 bits per heavy atom. The molecule has 1 aliphatic heterocycles. The smallest absolute Gasteiger partial charge is 0.348 e. The molecular weight excluding hydrogens is 374 g/mol. The molecular formula is C21H21N3O3S. The van der Waals surface area contributed by atoms with E-state index in [1.807, 2.05) is 42.5 Å². The third-order valence-electron chi connectivity index (χ3n) is 4.97. The molecule has 2 aromatic carbocycles. The first-order chi connectivity index (χ1) is 13.7. The van der Waals surface area contributed by atoms with Gasteiger partial charge >= 0.3 is 5.97 Å². The zero-order valence-electron chi connectivity index (χ0n) is 15.5. The van der Waals surface area contributed by atoms with Crippen LogP contribution in [0.5, 0.6) is 5.75 Å². The Kier molecular flexibility index (Phi) is 5.16. The summed E-state index contributed by atoms with van der Waals surface area (Å²) < 4.78 is 5.48. The highest BCUT2D eigenvalue weighted by Crippen LogP contribution is 2.30. The number of methoxy groups -OCH3 is 1. The molecule has 2 heterocycles. The van der Waals surface area contributed by atoms with E-state index in [9.17, 15) is 9.90 Å². The van der Waals surface area contributed by atoms with Crippen LogP contribution in [0.1, 0.15) is 9.67 Å². The second-order valence-corrected chi connectivity index (χ2v) is 7.38.